The van der Waals surface area contributed by atoms with Gasteiger partial charge in [-0.15, -0.1) is 0 Å². The van der Waals surface area contributed by atoms with Gasteiger partial charge in [0.25, 0.3) is 0 Å². The smallest absolute Gasteiger partial charge is 0.0123 e. The molecule has 1 aliphatic carbocycles. The minimum absolute atomic E-state index is 0.961. The van der Waals surface area contributed by atoms with Gasteiger partial charge in [0.2, 0.25) is 0 Å². The molecular formula is C16H30N2. The van der Waals surface area contributed by atoms with Crippen molar-refractivity contribution in [2.45, 2.75) is 63.8 Å². The first-order valence-corrected chi connectivity index (χ1v) is 8.38. The summed E-state index contributed by atoms with van der Waals surface area (Å²) in [5.41, 5.74) is 0. The van der Waals surface area contributed by atoms with Crippen LogP contribution in [-0.2, 0) is 0 Å². The lowest BCUT2D eigenvalue weighted by Gasteiger charge is -2.44. The molecule has 104 valence electrons. The molecule has 0 amide bonds. The van der Waals surface area contributed by atoms with Gasteiger partial charge < -0.3 is 10.2 Å². The minimum atomic E-state index is 0.961. The summed E-state index contributed by atoms with van der Waals surface area (Å²) in [5.74, 6) is 2.01. The van der Waals surface area contributed by atoms with Gasteiger partial charge >= 0.3 is 0 Å². The summed E-state index contributed by atoms with van der Waals surface area (Å²) in [4.78, 5) is 2.86. The Morgan fingerprint density at radius 3 is 2.72 bits per heavy atom. The molecule has 1 saturated carbocycles. The van der Waals surface area contributed by atoms with Gasteiger partial charge in [-0.3, -0.25) is 0 Å². The van der Waals surface area contributed by atoms with Gasteiger partial charge in [0.15, 0.2) is 0 Å². The molecule has 0 bridgehead atoms. The third kappa shape index (κ3) is 3.08. The molecule has 2 aliphatic heterocycles. The summed E-state index contributed by atoms with van der Waals surface area (Å²) in [7, 11) is 0. The summed E-state index contributed by atoms with van der Waals surface area (Å²) in [5, 5.41) is 3.56. The molecule has 3 unspecified atom stereocenters. The molecule has 3 atom stereocenters. The summed E-state index contributed by atoms with van der Waals surface area (Å²) in [6, 6.07) is 0.962. The predicted octanol–water partition coefficient (Wildman–Crippen LogP) is 3.03. The first-order chi connectivity index (χ1) is 8.93. The largest absolute Gasteiger partial charge is 0.316 e. The molecule has 3 rings (SSSR count). The van der Waals surface area contributed by atoms with Gasteiger partial charge in [-0.2, -0.15) is 0 Å². The monoisotopic (exact) mass is 250 g/mol. The Balaban J connectivity index is 1.48. The quantitative estimate of drug-likeness (QED) is 0.828. The van der Waals surface area contributed by atoms with E-state index in [1.807, 2.05) is 0 Å². The third-order valence-corrected chi connectivity index (χ3v) is 5.58. The Morgan fingerprint density at radius 1 is 0.944 bits per heavy atom. The van der Waals surface area contributed by atoms with Gasteiger partial charge in [-0.25, -0.2) is 0 Å². The minimum Gasteiger partial charge on any atom is -0.316 e. The van der Waals surface area contributed by atoms with Crippen molar-refractivity contribution in [3.05, 3.63) is 0 Å². The highest BCUT2D eigenvalue weighted by molar-refractivity contribution is 4.87. The van der Waals surface area contributed by atoms with Crippen LogP contribution in [0.1, 0.15) is 57.8 Å². The van der Waals surface area contributed by atoms with Crippen LogP contribution in [0, 0.1) is 11.8 Å². The first-order valence-electron chi connectivity index (χ1n) is 8.38. The Morgan fingerprint density at radius 2 is 1.83 bits per heavy atom. The normalized spacial score (nSPS) is 38.3. The maximum absolute atomic E-state index is 3.56. The second kappa shape index (κ2) is 6.38. The molecule has 2 nitrogen and oxygen atoms in total. The number of nitrogens with one attached hydrogen (secondary N) is 1. The molecule has 2 heteroatoms. The molecule has 0 radical (unpaired) electrons. The lowest BCUT2D eigenvalue weighted by atomic mass is 9.78. The number of fused-ring (bicyclic) bond motifs is 1. The zero-order valence-corrected chi connectivity index (χ0v) is 11.9. The van der Waals surface area contributed by atoms with E-state index in [-0.39, 0.29) is 0 Å². The van der Waals surface area contributed by atoms with E-state index in [4.69, 9.17) is 0 Å². The summed E-state index contributed by atoms with van der Waals surface area (Å²) in [6.07, 6.45) is 13.3. The van der Waals surface area contributed by atoms with Crippen LogP contribution in [0.25, 0.3) is 0 Å². The highest BCUT2D eigenvalue weighted by Crippen LogP contribution is 2.35. The SMILES string of the molecule is C1CNCC(CCN2CCCC3CCCCC32)C1. The summed E-state index contributed by atoms with van der Waals surface area (Å²) in [6.45, 7) is 5.31. The third-order valence-electron chi connectivity index (χ3n) is 5.58. The van der Waals surface area contributed by atoms with E-state index >= 15 is 0 Å². The van der Waals surface area contributed by atoms with Gasteiger partial charge in [0, 0.05) is 6.04 Å². The van der Waals surface area contributed by atoms with Crippen molar-refractivity contribution in [2.24, 2.45) is 11.8 Å². The van der Waals surface area contributed by atoms with Crippen molar-refractivity contribution in [1.82, 2.24) is 10.2 Å². The van der Waals surface area contributed by atoms with Crippen LogP contribution in [-0.4, -0.2) is 37.1 Å². The fraction of sp³-hybridized carbons (Fsp3) is 1.00. The average molecular weight is 250 g/mol. The molecule has 0 spiro atoms. The maximum Gasteiger partial charge on any atom is 0.0123 e. The van der Waals surface area contributed by atoms with Crippen molar-refractivity contribution < 1.29 is 0 Å². The van der Waals surface area contributed by atoms with Crippen molar-refractivity contribution in [3.8, 4) is 0 Å². The number of hydrogen-bond acceptors (Lipinski definition) is 2. The zero-order chi connectivity index (χ0) is 12.2. The van der Waals surface area contributed by atoms with E-state index in [0.29, 0.717) is 0 Å². The van der Waals surface area contributed by atoms with Crippen LogP contribution < -0.4 is 5.32 Å². The fourth-order valence-electron chi connectivity index (χ4n) is 4.52. The van der Waals surface area contributed by atoms with E-state index in [1.165, 1.54) is 84.0 Å². The number of nitrogens with zero attached hydrogens (tertiary/aromatic N) is 1. The van der Waals surface area contributed by atoms with Crippen LogP contribution >= 0.6 is 0 Å². The fourth-order valence-corrected chi connectivity index (χ4v) is 4.52. The number of piperidine rings is 2. The lowest BCUT2D eigenvalue weighted by molar-refractivity contribution is 0.0552. The van der Waals surface area contributed by atoms with Gasteiger partial charge in [-0.1, -0.05) is 12.8 Å². The highest BCUT2D eigenvalue weighted by atomic mass is 15.2. The molecule has 18 heavy (non-hydrogen) atoms. The van der Waals surface area contributed by atoms with Crippen LogP contribution in [0.15, 0.2) is 0 Å². The molecule has 3 fully saturated rings. The second-order valence-electron chi connectivity index (χ2n) is 6.79. The average Bonchev–Trinajstić information content (AvgIpc) is 2.46. The lowest BCUT2D eigenvalue weighted by Crippen LogP contribution is -2.47. The Kier molecular flexibility index (Phi) is 4.58. The number of hydrogen-bond donors (Lipinski definition) is 1. The van der Waals surface area contributed by atoms with E-state index in [9.17, 15) is 0 Å². The molecule has 3 aliphatic rings. The van der Waals surface area contributed by atoms with Crippen molar-refractivity contribution in [2.75, 3.05) is 26.2 Å². The molecule has 2 saturated heterocycles. The Hall–Kier alpha value is -0.0800. The first kappa shape index (κ1) is 12.9. The molecule has 1 N–H and O–H groups in total. The van der Waals surface area contributed by atoms with E-state index in [2.05, 4.69) is 10.2 Å². The standard InChI is InChI=1S/C16H30N2/c1-2-8-16-15(6-1)7-4-11-18(16)12-9-14-5-3-10-17-13-14/h14-17H,1-13H2. The van der Waals surface area contributed by atoms with Crippen LogP contribution in [0.5, 0.6) is 0 Å². The second-order valence-corrected chi connectivity index (χ2v) is 6.79. The molecule has 2 heterocycles. The predicted molar refractivity (Wildman–Crippen MR) is 76.8 cm³/mol. The van der Waals surface area contributed by atoms with Crippen molar-refractivity contribution >= 4 is 0 Å². The zero-order valence-electron chi connectivity index (χ0n) is 11.9. The number of rotatable bonds is 3. The van der Waals surface area contributed by atoms with E-state index < -0.39 is 0 Å². The van der Waals surface area contributed by atoms with E-state index in [1.54, 1.807) is 0 Å². The van der Waals surface area contributed by atoms with Crippen LogP contribution in [0.3, 0.4) is 0 Å². The topological polar surface area (TPSA) is 15.3 Å². The highest BCUT2D eigenvalue weighted by Gasteiger charge is 2.33. The number of likely N-dealkylation sites (tertiary alicyclic amines) is 1. The molecule has 0 aromatic heterocycles. The Labute approximate surface area is 113 Å². The molecular weight excluding hydrogens is 220 g/mol. The molecule has 0 aromatic rings. The van der Waals surface area contributed by atoms with Crippen molar-refractivity contribution in [1.29, 1.82) is 0 Å². The summed E-state index contributed by atoms with van der Waals surface area (Å²) < 4.78 is 0. The van der Waals surface area contributed by atoms with Gasteiger partial charge in [0.1, 0.15) is 0 Å². The van der Waals surface area contributed by atoms with Gasteiger partial charge in [0.05, 0.1) is 0 Å². The Bertz CT molecular complexity index is 245. The molecule has 0 aromatic carbocycles. The van der Waals surface area contributed by atoms with Gasteiger partial charge in [-0.05, 0) is 83.0 Å². The van der Waals surface area contributed by atoms with E-state index in [0.717, 1.165) is 17.9 Å². The summed E-state index contributed by atoms with van der Waals surface area (Å²) >= 11 is 0. The van der Waals surface area contributed by atoms with Crippen LogP contribution in [0.2, 0.25) is 0 Å². The van der Waals surface area contributed by atoms with Crippen molar-refractivity contribution in [3.63, 3.8) is 0 Å². The maximum atomic E-state index is 3.56. The van der Waals surface area contributed by atoms with Crippen LogP contribution in [0.4, 0.5) is 0 Å².